The number of anilines is 1. The molecule has 84 valence electrons. The maximum absolute atomic E-state index is 9.12. The van der Waals surface area contributed by atoms with E-state index in [2.05, 4.69) is 38.1 Å². The highest BCUT2D eigenvalue weighted by atomic mass is 14.5. The van der Waals surface area contributed by atoms with Crippen LogP contribution in [-0.2, 0) is 0 Å². The number of hydrogen-bond acceptors (Lipinski definition) is 2. The van der Waals surface area contributed by atoms with Gasteiger partial charge in [-0.15, -0.1) is 0 Å². The van der Waals surface area contributed by atoms with Crippen molar-refractivity contribution in [3.05, 3.63) is 53.1 Å². The minimum Gasteiger partial charge on any atom is -0.399 e. The first kappa shape index (κ1) is 11.2. The molecule has 2 rings (SSSR count). The highest BCUT2D eigenvalue weighted by Crippen LogP contribution is 2.27. The van der Waals surface area contributed by atoms with Crippen LogP contribution in [0.2, 0.25) is 0 Å². The van der Waals surface area contributed by atoms with Crippen LogP contribution in [0, 0.1) is 25.2 Å². The zero-order valence-electron chi connectivity index (χ0n) is 9.99. The van der Waals surface area contributed by atoms with E-state index < -0.39 is 0 Å². The molecular weight excluding hydrogens is 208 g/mol. The summed E-state index contributed by atoms with van der Waals surface area (Å²) in [5, 5.41) is 9.12. The number of hydrogen-bond donors (Lipinski definition) is 1. The summed E-state index contributed by atoms with van der Waals surface area (Å²) in [6, 6.07) is 13.8. The summed E-state index contributed by atoms with van der Waals surface area (Å²) in [4.78, 5) is 0. The van der Waals surface area contributed by atoms with Crippen molar-refractivity contribution < 1.29 is 0 Å². The van der Waals surface area contributed by atoms with E-state index in [-0.39, 0.29) is 0 Å². The van der Waals surface area contributed by atoms with Gasteiger partial charge < -0.3 is 5.73 Å². The van der Waals surface area contributed by atoms with Crippen molar-refractivity contribution in [3.63, 3.8) is 0 Å². The van der Waals surface area contributed by atoms with Crippen LogP contribution in [0.3, 0.4) is 0 Å². The molecule has 0 spiro atoms. The number of nitrogen functional groups attached to an aromatic ring is 1. The molecule has 0 saturated heterocycles. The summed E-state index contributed by atoms with van der Waals surface area (Å²) >= 11 is 0. The largest absolute Gasteiger partial charge is 0.399 e. The lowest BCUT2D eigenvalue weighted by molar-refractivity contribution is 1.38. The molecule has 17 heavy (non-hydrogen) atoms. The summed E-state index contributed by atoms with van der Waals surface area (Å²) in [5.41, 5.74) is 11.4. The predicted octanol–water partition coefficient (Wildman–Crippen LogP) is 3.42. The lowest BCUT2D eigenvalue weighted by atomic mass is 9.96. The smallest absolute Gasteiger partial charge is 0.0998 e. The van der Waals surface area contributed by atoms with Gasteiger partial charge in [0.05, 0.1) is 11.6 Å². The maximum Gasteiger partial charge on any atom is 0.0998 e. The van der Waals surface area contributed by atoms with Gasteiger partial charge in [0, 0.05) is 11.3 Å². The second-order valence-electron chi connectivity index (χ2n) is 4.29. The standard InChI is InChI=1S/C15H14N2/c1-10-5-11(2)7-13(6-10)15-8-14(17)4-3-12(15)9-16/h3-8H,17H2,1-2H3. The van der Waals surface area contributed by atoms with E-state index in [9.17, 15) is 0 Å². The molecular formula is C15H14N2. The summed E-state index contributed by atoms with van der Waals surface area (Å²) < 4.78 is 0. The molecule has 0 heterocycles. The van der Waals surface area contributed by atoms with Crippen LogP contribution in [0.15, 0.2) is 36.4 Å². The fourth-order valence-corrected chi connectivity index (χ4v) is 2.03. The SMILES string of the molecule is Cc1cc(C)cc(-c2cc(N)ccc2C#N)c1. The van der Waals surface area contributed by atoms with Crippen molar-refractivity contribution >= 4 is 5.69 Å². The monoisotopic (exact) mass is 222 g/mol. The zero-order chi connectivity index (χ0) is 12.4. The summed E-state index contributed by atoms with van der Waals surface area (Å²) in [6.45, 7) is 4.10. The van der Waals surface area contributed by atoms with Gasteiger partial charge in [0.2, 0.25) is 0 Å². The second kappa shape index (κ2) is 4.31. The van der Waals surface area contributed by atoms with Crippen molar-refractivity contribution in [1.29, 1.82) is 5.26 Å². The fraction of sp³-hybridized carbons (Fsp3) is 0.133. The lowest BCUT2D eigenvalue weighted by Gasteiger charge is -2.08. The molecule has 0 aliphatic heterocycles. The third-order valence-corrected chi connectivity index (χ3v) is 2.70. The molecule has 0 aliphatic rings. The Balaban J connectivity index is 2.67. The minimum absolute atomic E-state index is 0.657. The Labute approximate surface area is 101 Å². The third kappa shape index (κ3) is 2.29. The Hall–Kier alpha value is -2.27. The molecule has 0 aromatic heterocycles. The normalized spacial score (nSPS) is 9.94. The molecule has 0 unspecified atom stereocenters. The zero-order valence-corrected chi connectivity index (χ0v) is 9.99. The van der Waals surface area contributed by atoms with E-state index in [1.807, 2.05) is 6.07 Å². The van der Waals surface area contributed by atoms with Gasteiger partial charge in [-0.05, 0) is 37.6 Å². The summed E-state index contributed by atoms with van der Waals surface area (Å²) in [7, 11) is 0. The van der Waals surface area contributed by atoms with Crippen LogP contribution in [0.1, 0.15) is 16.7 Å². The molecule has 0 radical (unpaired) electrons. The Morgan fingerprint density at radius 1 is 1.00 bits per heavy atom. The molecule has 2 nitrogen and oxygen atoms in total. The fourth-order valence-electron chi connectivity index (χ4n) is 2.03. The number of benzene rings is 2. The third-order valence-electron chi connectivity index (χ3n) is 2.70. The van der Waals surface area contributed by atoms with Gasteiger partial charge in [-0.3, -0.25) is 0 Å². The molecule has 2 aromatic carbocycles. The van der Waals surface area contributed by atoms with Crippen LogP contribution in [0.4, 0.5) is 5.69 Å². The van der Waals surface area contributed by atoms with Gasteiger partial charge in [0.25, 0.3) is 0 Å². The first-order chi connectivity index (χ1) is 8.10. The molecule has 0 amide bonds. The molecule has 0 atom stereocenters. The van der Waals surface area contributed by atoms with Gasteiger partial charge >= 0.3 is 0 Å². The van der Waals surface area contributed by atoms with Gasteiger partial charge in [0.15, 0.2) is 0 Å². The summed E-state index contributed by atoms with van der Waals surface area (Å²) in [5.74, 6) is 0. The van der Waals surface area contributed by atoms with E-state index in [0.717, 1.165) is 11.1 Å². The van der Waals surface area contributed by atoms with Crippen LogP contribution in [-0.4, -0.2) is 0 Å². The van der Waals surface area contributed by atoms with E-state index in [4.69, 9.17) is 11.0 Å². The Bertz CT molecular complexity index is 587. The molecule has 0 aliphatic carbocycles. The lowest BCUT2D eigenvalue weighted by Crippen LogP contribution is -1.90. The molecule has 0 saturated carbocycles. The first-order valence-electron chi connectivity index (χ1n) is 5.48. The van der Waals surface area contributed by atoms with Crippen molar-refractivity contribution in [3.8, 4) is 17.2 Å². The van der Waals surface area contributed by atoms with E-state index in [1.54, 1.807) is 12.1 Å². The van der Waals surface area contributed by atoms with E-state index >= 15 is 0 Å². The predicted molar refractivity (Wildman–Crippen MR) is 70.5 cm³/mol. The Kier molecular flexibility index (Phi) is 2.84. The van der Waals surface area contributed by atoms with Crippen molar-refractivity contribution in [2.24, 2.45) is 0 Å². The van der Waals surface area contributed by atoms with Crippen molar-refractivity contribution in [2.75, 3.05) is 5.73 Å². The average Bonchev–Trinajstić information content (AvgIpc) is 2.27. The Morgan fingerprint density at radius 2 is 1.65 bits per heavy atom. The quantitative estimate of drug-likeness (QED) is 0.751. The molecule has 0 bridgehead atoms. The average molecular weight is 222 g/mol. The number of aryl methyl sites for hydroxylation is 2. The van der Waals surface area contributed by atoms with Crippen LogP contribution in [0.25, 0.3) is 11.1 Å². The second-order valence-corrected chi connectivity index (χ2v) is 4.29. The van der Waals surface area contributed by atoms with Crippen molar-refractivity contribution in [2.45, 2.75) is 13.8 Å². The minimum atomic E-state index is 0.657. The van der Waals surface area contributed by atoms with Gasteiger partial charge in [-0.25, -0.2) is 0 Å². The van der Waals surface area contributed by atoms with Gasteiger partial charge in [-0.2, -0.15) is 5.26 Å². The molecule has 2 aromatic rings. The van der Waals surface area contributed by atoms with Gasteiger partial charge in [0.1, 0.15) is 0 Å². The molecule has 2 N–H and O–H groups in total. The van der Waals surface area contributed by atoms with Crippen molar-refractivity contribution in [1.82, 2.24) is 0 Å². The van der Waals surface area contributed by atoms with Crippen LogP contribution < -0.4 is 5.73 Å². The highest BCUT2D eigenvalue weighted by molar-refractivity contribution is 5.74. The molecule has 2 heteroatoms. The van der Waals surface area contributed by atoms with E-state index in [1.165, 1.54) is 11.1 Å². The number of nitrogens with zero attached hydrogens (tertiary/aromatic N) is 1. The van der Waals surface area contributed by atoms with Gasteiger partial charge in [-0.1, -0.05) is 29.3 Å². The first-order valence-corrected chi connectivity index (χ1v) is 5.48. The molecule has 0 fully saturated rings. The maximum atomic E-state index is 9.12. The summed E-state index contributed by atoms with van der Waals surface area (Å²) in [6.07, 6.45) is 0. The Morgan fingerprint density at radius 3 is 2.24 bits per heavy atom. The topological polar surface area (TPSA) is 49.8 Å². The number of nitrogens with two attached hydrogens (primary N) is 1. The van der Waals surface area contributed by atoms with Crippen LogP contribution >= 0.6 is 0 Å². The highest BCUT2D eigenvalue weighted by Gasteiger charge is 2.06. The number of nitriles is 1. The van der Waals surface area contributed by atoms with Crippen LogP contribution in [0.5, 0.6) is 0 Å². The number of rotatable bonds is 1. The van der Waals surface area contributed by atoms with E-state index in [0.29, 0.717) is 11.3 Å².